The van der Waals surface area contributed by atoms with Gasteiger partial charge in [0, 0.05) is 17.6 Å². The van der Waals surface area contributed by atoms with Crippen molar-refractivity contribution in [2.24, 2.45) is 0 Å². The van der Waals surface area contributed by atoms with Crippen molar-refractivity contribution in [2.45, 2.75) is 25.0 Å². The number of hydrogen-bond donors (Lipinski definition) is 4. The summed E-state index contributed by atoms with van der Waals surface area (Å²) in [6, 6.07) is 41.3. The molecule has 0 bridgehead atoms. The third-order valence-corrected chi connectivity index (χ3v) is 7.40. The van der Waals surface area contributed by atoms with E-state index < -0.39 is 0 Å². The molecule has 4 nitrogen and oxygen atoms in total. The predicted molar refractivity (Wildman–Crippen MR) is 147 cm³/mol. The maximum absolute atomic E-state index is 3.81. The minimum Gasteiger partial charge on any atom is -0.380 e. The number of fused-ring (bicyclic) bond motifs is 3. The summed E-state index contributed by atoms with van der Waals surface area (Å²) < 4.78 is 0. The minimum absolute atomic E-state index is 0.000429. The largest absolute Gasteiger partial charge is 0.380 e. The molecule has 1 fully saturated rings. The van der Waals surface area contributed by atoms with Gasteiger partial charge in [0.15, 0.2) is 0 Å². The highest BCUT2D eigenvalue weighted by Crippen LogP contribution is 2.36. The van der Waals surface area contributed by atoms with Gasteiger partial charge in [-0.15, -0.1) is 0 Å². The first-order chi connectivity index (χ1) is 17.8. The molecule has 2 aliphatic rings. The smallest absolute Gasteiger partial charge is 0.0864 e. The van der Waals surface area contributed by atoms with Crippen LogP contribution in [0.5, 0.6) is 0 Å². The fraction of sp³-hybridized carbons (Fsp3) is 0.125. The maximum atomic E-state index is 3.81. The van der Waals surface area contributed by atoms with Crippen LogP contribution >= 0.6 is 0 Å². The van der Waals surface area contributed by atoms with Crippen LogP contribution in [-0.2, 0) is 6.54 Å². The average molecular weight is 469 g/mol. The fourth-order valence-corrected chi connectivity index (χ4v) is 5.37. The van der Waals surface area contributed by atoms with Crippen molar-refractivity contribution in [3.63, 3.8) is 0 Å². The van der Waals surface area contributed by atoms with Gasteiger partial charge >= 0.3 is 0 Å². The SMILES string of the molecule is c1ccc(-c2ccc(C3NC(c4ccccc4)NC(c4ccc5c6c(ccc5c4)CN6)N3)cc2)cc1. The van der Waals surface area contributed by atoms with E-state index in [1.807, 2.05) is 0 Å². The maximum Gasteiger partial charge on any atom is 0.0864 e. The molecule has 4 N–H and O–H groups in total. The summed E-state index contributed by atoms with van der Waals surface area (Å²) in [5.74, 6) is 0. The molecule has 0 saturated carbocycles. The van der Waals surface area contributed by atoms with Crippen LogP contribution in [0.25, 0.3) is 21.9 Å². The summed E-state index contributed by atoms with van der Waals surface area (Å²) >= 11 is 0. The van der Waals surface area contributed by atoms with E-state index in [0.717, 1.165) is 6.54 Å². The van der Waals surface area contributed by atoms with Crippen molar-refractivity contribution < 1.29 is 0 Å². The molecule has 1 saturated heterocycles. The van der Waals surface area contributed by atoms with Gasteiger partial charge in [-0.25, -0.2) is 0 Å². The zero-order chi connectivity index (χ0) is 23.9. The third-order valence-electron chi connectivity index (χ3n) is 7.40. The Morgan fingerprint density at radius 3 is 1.75 bits per heavy atom. The normalized spacial score (nSPS) is 20.8. The van der Waals surface area contributed by atoms with E-state index in [2.05, 4.69) is 137 Å². The van der Waals surface area contributed by atoms with E-state index in [4.69, 9.17) is 0 Å². The summed E-state index contributed by atoms with van der Waals surface area (Å²) in [6.45, 7) is 0.966. The lowest BCUT2D eigenvalue weighted by atomic mass is 9.96. The average Bonchev–Trinajstić information content (AvgIpc) is 2.94. The van der Waals surface area contributed by atoms with Gasteiger partial charge in [0.05, 0.1) is 18.5 Å². The quantitative estimate of drug-likeness (QED) is 0.240. The second-order valence-corrected chi connectivity index (χ2v) is 9.63. The van der Waals surface area contributed by atoms with Crippen molar-refractivity contribution in [1.29, 1.82) is 0 Å². The number of anilines is 1. The molecule has 0 aliphatic carbocycles. The van der Waals surface area contributed by atoms with E-state index in [9.17, 15) is 0 Å². The Morgan fingerprint density at radius 1 is 0.500 bits per heavy atom. The zero-order valence-corrected chi connectivity index (χ0v) is 19.9. The number of nitrogens with one attached hydrogen (secondary N) is 4. The molecule has 5 aromatic rings. The Hall–Kier alpha value is -3.96. The molecule has 0 amide bonds. The van der Waals surface area contributed by atoms with Gasteiger partial charge < -0.3 is 5.32 Å². The van der Waals surface area contributed by atoms with Crippen LogP contribution in [0.1, 0.15) is 40.8 Å². The highest BCUT2D eigenvalue weighted by atomic mass is 15.4. The summed E-state index contributed by atoms with van der Waals surface area (Å²) in [4.78, 5) is 0. The standard InChI is InChI=1S/C32H28N4/c1-3-7-21(8-4-1)22-11-13-24(14-12-22)31-34-30(23-9-5-2-6-10-23)35-32(36-31)26-17-18-28-25(19-26)15-16-27-20-33-29(27)28/h1-19,30-36H,20H2. The molecule has 4 heteroatoms. The molecule has 7 rings (SSSR count). The van der Waals surface area contributed by atoms with Crippen LogP contribution < -0.4 is 21.3 Å². The Bertz CT molecular complexity index is 1510. The summed E-state index contributed by atoms with van der Waals surface area (Å²) in [5.41, 5.74) is 8.81. The van der Waals surface area contributed by atoms with Gasteiger partial charge in [0.2, 0.25) is 0 Å². The molecule has 0 aromatic heterocycles. The minimum atomic E-state index is -0.00122. The predicted octanol–water partition coefficient (Wildman–Crippen LogP) is 6.61. The van der Waals surface area contributed by atoms with Crippen molar-refractivity contribution in [3.8, 4) is 11.1 Å². The second-order valence-electron chi connectivity index (χ2n) is 9.63. The first kappa shape index (κ1) is 21.3. The van der Waals surface area contributed by atoms with Gasteiger partial charge in [-0.1, -0.05) is 109 Å². The Morgan fingerprint density at radius 2 is 1.08 bits per heavy atom. The summed E-state index contributed by atoms with van der Waals surface area (Å²) in [6.07, 6.45) is 0.0181. The van der Waals surface area contributed by atoms with Crippen LogP contribution in [0.2, 0.25) is 0 Å². The summed E-state index contributed by atoms with van der Waals surface area (Å²) in [7, 11) is 0. The van der Waals surface area contributed by atoms with Crippen LogP contribution in [-0.4, -0.2) is 0 Å². The highest BCUT2D eigenvalue weighted by Gasteiger charge is 2.30. The molecular formula is C32H28N4. The van der Waals surface area contributed by atoms with E-state index >= 15 is 0 Å². The lowest BCUT2D eigenvalue weighted by Gasteiger charge is -2.40. The van der Waals surface area contributed by atoms with Crippen molar-refractivity contribution in [1.82, 2.24) is 16.0 Å². The van der Waals surface area contributed by atoms with Crippen LogP contribution in [0.3, 0.4) is 0 Å². The van der Waals surface area contributed by atoms with Gasteiger partial charge in [-0.05, 0) is 44.8 Å². The van der Waals surface area contributed by atoms with Gasteiger partial charge in [0.25, 0.3) is 0 Å². The topological polar surface area (TPSA) is 48.1 Å². The Labute approximate surface area is 211 Å². The molecule has 3 atom stereocenters. The Kier molecular flexibility index (Phi) is 5.29. The molecule has 2 aliphatic heterocycles. The number of benzene rings is 5. The van der Waals surface area contributed by atoms with Gasteiger partial charge in [-0.3, -0.25) is 16.0 Å². The van der Waals surface area contributed by atoms with Crippen molar-refractivity contribution in [2.75, 3.05) is 5.32 Å². The molecule has 3 unspecified atom stereocenters. The fourth-order valence-electron chi connectivity index (χ4n) is 5.37. The monoisotopic (exact) mass is 468 g/mol. The van der Waals surface area contributed by atoms with Crippen molar-refractivity contribution in [3.05, 3.63) is 138 Å². The molecule has 2 heterocycles. The highest BCUT2D eigenvalue weighted by molar-refractivity contribution is 5.98. The van der Waals surface area contributed by atoms with Crippen LogP contribution in [0.4, 0.5) is 5.69 Å². The van der Waals surface area contributed by atoms with E-state index in [-0.39, 0.29) is 18.5 Å². The molecule has 176 valence electrons. The molecule has 36 heavy (non-hydrogen) atoms. The second kappa shape index (κ2) is 8.92. The lowest BCUT2D eigenvalue weighted by molar-refractivity contribution is 0.203. The van der Waals surface area contributed by atoms with E-state index in [1.54, 1.807) is 0 Å². The van der Waals surface area contributed by atoms with E-state index in [0.29, 0.717) is 0 Å². The lowest BCUT2D eigenvalue weighted by Crippen LogP contribution is -2.54. The van der Waals surface area contributed by atoms with Crippen molar-refractivity contribution >= 4 is 16.5 Å². The zero-order valence-electron chi connectivity index (χ0n) is 19.9. The molecule has 5 aromatic carbocycles. The molecule has 0 radical (unpaired) electrons. The first-order valence-electron chi connectivity index (χ1n) is 12.6. The van der Waals surface area contributed by atoms with E-state index in [1.165, 1.54) is 49.8 Å². The number of hydrogen-bond acceptors (Lipinski definition) is 4. The molecule has 0 spiro atoms. The molecular weight excluding hydrogens is 440 g/mol. The number of rotatable bonds is 4. The Balaban J connectivity index is 1.22. The third kappa shape index (κ3) is 3.86. The van der Waals surface area contributed by atoms with Gasteiger partial charge in [-0.2, -0.15) is 0 Å². The van der Waals surface area contributed by atoms with Crippen LogP contribution in [0.15, 0.2) is 115 Å². The summed E-state index contributed by atoms with van der Waals surface area (Å²) in [5, 5.41) is 17.4. The van der Waals surface area contributed by atoms with Gasteiger partial charge in [0.1, 0.15) is 0 Å². The first-order valence-corrected chi connectivity index (χ1v) is 12.6. The van der Waals surface area contributed by atoms with Crippen LogP contribution in [0, 0.1) is 0 Å².